The third-order valence-electron chi connectivity index (χ3n) is 4.06. The lowest BCUT2D eigenvalue weighted by atomic mass is 10.0. The smallest absolute Gasteiger partial charge is 0.263 e. The van der Waals surface area contributed by atoms with Crippen LogP contribution in [0.15, 0.2) is 28.5 Å². The number of benzene rings is 1. The molecule has 0 fully saturated rings. The van der Waals surface area contributed by atoms with Gasteiger partial charge in [0.15, 0.2) is 5.96 Å². The first-order valence-corrected chi connectivity index (χ1v) is 12.3. The highest BCUT2D eigenvalue weighted by Crippen LogP contribution is 2.33. The molecule has 0 radical (unpaired) electrons. The van der Waals surface area contributed by atoms with Gasteiger partial charge in [-0.05, 0) is 36.4 Å². The van der Waals surface area contributed by atoms with Crippen LogP contribution in [-0.4, -0.2) is 43.7 Å². The lowest BCUT2D eigenvalue weighted by Gasteiger charge is -2.14. The molecular formula is C17H18Cl3N5O5S2. The summed E-state index contributed by atoms with van der Waals surface area (Å²) in [6.07, 6.45) is 0.378. The highest BCUT2D eigenvalue weighted by molar-refractivity contribution is 7.92. The number of anilines is 1. The van der Waals surface area contributed by atoms with Gasteiger partial charge in [0.25, 0.3) is 10.0 Å². The van der Waals surface area contributed by atoms with Crippen LogP contribution in [0.1, 0.15) is 22.5 Å². The zero-order valence-corrected chi connectivity index (χ0v) is 20.0. The topological polar surface area (TPSA) is 174 Å². The average molecular weight is 543 g/mol. The number of ketones is 2. The van der Waals surface area contributed by atoms with Crippen molar-refractivity contribution in [2.24, 2.45) is 5.73 Å². The molecule has 0 aliphatic heterocycles. The van der Waals surface area contributed by atoms with Crippen LogP contribution in [0.5, 0.6) is 0 Å². The quantitative estimate of drug-likeness (QED) is 0.0478. The molecular weight excluding hydrogens is 525 g/mol. The first kappa shape index (κ1) is 26.3. The maximum Gasteiger partial charge on any atom is 0.263 e. The Hall–Kier alpha value is -1.93. The molecule has 2 rings (SSSR count). The molecule has 0 unspecified atom stereocenters. The van der Waals surface area contributed by atoms with Gasteiger partial charge in [0, 0.05) is 6.54 Å². The van der Waals surface area contributed by atoms with Crippen molar-refractivity contribution in [2.75, 3.05) is 11.3 Å². The molecule has 0 bridgehead atoms. The number of carbonyl (C=O) groups excluding carboxylic acids is 2. The molecule has 10 nitrogen and oxygen atoms in total. The van der Waals surface area contributed by atoms with Gasteiger partial charge >= 0.3 is 0 Å². The van der Waals surface area contributed by atoms with E-state index >= 15 is 0 Å². The number of thiophene rings is 1. The van der Waals surface area contributed by atoms with Gasteiger partial charge in [-0.3, -0.25) is 19.7 Å². The fourth-order valence-corrected chi connectivity index (χ4v) is 5.46. The molecule has 174 valence electrons. The number of carbonyl (C=O) groups is 2. The van der Waals surface area contributed by atoms with Crippen molar-refractivity contribution in [3.05, 3.63) is 43.5 Å². The van der Waals surface area contributed by atoms with E-state index in [0.29, 0.717) is 6.42 Å². The van der Waals surface area contributed by atoms with Crippen molar-refractivity contribution < 1.29 is 23.2 Å². The van der Waals surface area contributed by atoms with Gasteiger partial charge in [-0.1, -0.05) is 34.8 Å². The molecule has 2 aromatic rings. The van der Waals surface area contributed by atoms with Crippen molar-refractivity contribution >= 4 is 79.4 Å². The second-order valence-electron chi connectivity index (χ2n) is 6.32. The van der Waals surface area contributed by atoms with Crippen molar-refractivity contribution in [1.82, 2.24) is 10.8 Å². The molecule has 0 aliphatic rings. The number of sulfonamides is 1. The zero-order chi connectivity index (χ0) is 24.1. The summed E-state index contributed by atoms with van der Waals surface area (Å²) in [5.41, 5.74) is 6.81. The Morgan fingerprint density at radius 3 is 2.47 bits per heavy atom. The van der Waals surface area contributed by atoms with E-state index in [1.54, 1.807) is 5.48 Å². The van der Waals surface area contributed by atoms with Crippen molar-refractivity contribution in [3.8, 4) is 0 Å². The molecule has 0 amide bonds. The fraction of sp³-hybridized carbons (Fsp3) is 0.235. The van der Waals surface area contributed by atoms with Gasteiger partial charge in [-0.25, -0.2) is 8.42 Å². The molecule has 0 saturated heterocycles. The zero-order valence-electron chi connectivity index (χ0n) is 16.1. The molecule has 0 saturated carbocycles. The fourth-order valence-electron chi connectivity index (χ4n) is 2.53. The second kappa shape index (κ2) is 11.3. The minimum atomic E-state index is -4.27. The molecule has 1 aromatic heterocycles. The number of hydrogen-bond acceptors (Lipinski definition) is 8. The van der Waals surface area contributed by atoms with Gasteiger partial charge in [0.2, 0.25) is 11.6 Å². The summed E-state index contributed by atoms with van der Waals surface area (Å²) in [7, 11) is -4.27. The molecule has 32 heavy (non-hydrogen) atoms. The summed E-state index contributed by atoms with van der Waals surface area (Å²) in [5.74, 6) is -2.21. The van der Waals surface area contributed by atoms with E-state index in [2.05, 4.69) is 10.0 Å². The summed E-state index contributed by atoms with van der Waals surface area (Å²) in [6.45, 7) is 0.253. The summed E-state index contributed by atoms with van der Waals surface area (Å²) in [6, 6.07) is 2.31. The Morgan fingerprint density at radius 2 is 1.84 bits per heavy atom. The maximum absolute atomic E-state index is 12.8. The van der Waals surface area contributed by atoms with E-state index in [4.69, 9.17) is 45.9 Å². The molecule has 0 aliphatic carbocycles. The van der Waals surface area contributed by atoms with Crippen LogP contribution in [0.3, 0.4) is 0 Å². The van der Waals surface area contributed by atoms with Crippen LogP contribution < -0.4 is 21.3 Å². The van der Waals surface area contributed by atoms with Crippen LogP contribution in [0, 0.1) is 5.41 Å². The van der Waals surface area contributed by atoms with Crippen LogP contribution >= 0.6 is 46.1 Å². The third-order valence-corrected chi connectivity index (χ3v) is 7.53. The monoisotopic (exact) mass is 541 g/mol. The number of nitrogens with one attached hydrogen (secondary N) is 4. The van der Waals surface area contributed by atoms with E-state index in [0.717, 1.165) is 17.4 Å². The van der Waals surface area contributed by atoms with Gasteiger partial charge in [0.05, 0.1) is 26.8 Å². The number of guanidine groups is 1. The van der Waals surface area contributed by atoms with E-state index in [1.807, 2.05) is 0 Å². The summed E-state index contributed by atoms with van der Waals surface area (Å²) in [5, 5.41) is 20.1. The Bertz CT molecular complexity index is 1140. The Kier molecular flexibility index (Phi) is 9.28. The Balaban J connectivity index is 2.20. The number of hydrogen-bond donors (Lipinski definition) is 6. The SMILES string of the molecule is N=C(N)NCCC[C@H](NO)C(=O)C(=O)c1sccc1NS(=O)(=O)c1cc(Cl)c(Cl)cc1Cl. The minimum Gasteiger partial charge on any atom is -0.370 e. The number of hydroxylamine groups is 1. The highest BCUT2D eigenvalue weighted by atomic mass is 35.5. The van der Waals surface area contributed by atoms with Crippen LogP contribution in [0.4, 0.5) is 5.69 Å². The van der Waals surface area contributed by atoms with Crippen LogP contribution in [0.25, 0.3) is 0 Å². The average Bonchev–Trinajstić information content (AvgIpc) is 3.16. The molecule has 1 heterocycles. The van der Waals surface area contributed by atoms with Crippen LogP contribution in [0.2, 0.25) is 15.1 Å². The van der Waals surface area contributed by atoms with Crippen LogP contribution in [-0.2, 0) is 14.8 Å². The van der Waals surface area contributed by atoms with Crippen molar-refractivity contribution in [1.29, 1.82) is 5.41 Å². The van der Waals surface area contributed by atoms with Crippen molar-refractivity contribution in [3.63, 3.8) is 0 Å². The first-order valence-electron chi connectivity index (χ1n) is 8.78. The molecule has 15 heteroatoms. The largest absolute Gasteiger partial charge is 0.370 e. The summed E-state index contributed by atoms with van der Waals surface area (Å²) in [4.78, 5) is 24.7. The Morgan fingerprint density at radius 1 is 1.19 bits per heavy atom. The lowest BCUT2D eigenvalue weighted by Crippen LogP contribution is -2.40. The number of rotatable bonds is 11. The summed E-state index contributed by atoms with van der Waals surface area (Å²) >= 11 is 18.5. The van der Waals surface area contributed by atoms with E-state index in [9.17, 15) is 23.2 Å². The first-order chi connectivity index (χ1) is 15.0. The Labute approximate surface area is 202 Å². The standard InChI is InChI=1S/C17H18Cl3N5O5S2/c18-8-6-10(20)13(7-9(8)19)32(29,30)25-12-3-5-31-16(12)15(27)14(26)11(24-28)2-1-4-23-17(21)22/h3,5-7,11,24-25,28H,1-2,4H2,(H4,21,22,23)/t11-/m0/s1. The normalized spacial score (nSPS) is 12.2. The molecule has 1 atom stereocenters. The molecule has 0 spiro atoms. The van der Waals surface area contributed by atoms with E-state index < -0.39 is 27.6 Å². The van der Waals surface area contributed by atoms with Gasteiger partial charge in [0.1, 0.15) is 9.77 Å². The second-order valence-corrected chi connectivity index (χ2v) is 10.1. The minimum absolute atomic E-state index is 0.0376. The van der Waals surface area contributed by atoms with E-state index in [1.165, 1.54) is 17.5 Å². The van der Waals surface area contributed by atoms with E-state index in [-0.39, 0.29) is 49.5 Å². The number of Topliss-reactive ketones (excluding diaryl/α,β-unsaturated/α-hetero) is 2. The number of nitrogens with two attached hydrogens (primary N) is 1. The maximum atomic E-state index is 12.8. The molecule has 1 aromatic carbocycles. The summed E-state index contributed by atoms with van der Waals surface area (Å²) < 4.78 is 27.8. The predicted molar refractivity (Wildman–Crippen MR) is 124 cm³/mol. The number of halogens is 3. The highest BCUT2D eigenvalue weighted by Gasteiger charge is 2.30. The third kappa shape index (κ3) is 6.54. The van der Waals surface area contributed by atoms with Gasteiger partial charge in [-0.15, -0.1) is 11.3 Å². The van der Waals surface area contributed by atoms with Gasteiger partial charge in [-0.2, -0.15) is 5.48 Å². The lowest BCUT2D eigenvalue weighted by molar-refractivity contribution is -0.119. The molecule has 7 N–H and O–H groups in total. The van der Waals surface area contributed by atoms with Crippen molar-refractivity contribution in [2.45, 2.75) is 23.8 Å². The predicted octanol–water partition coefficient (Wildman–Crippen LogP) is 2.87. The van der Waals surface area contributed by atoms with Gasteiger partial charge < -0.3 is 16.3 Å².